The molecule has 0 aromatic heterocycles. The van der Waals surface area contributed by atoms with Gasteiger partial charge in [0.2, 0.25) is 5.91 Å². The smallest absolute Gasteiger partial charge is 0.235 e. The van der Waals surface area contributed by atoms with Crippen LogP contribution in [0, 0.1) is 0 Å². The molecule has 5 heteroatoms. The Kier molecular flexibility index (Phi) is 5.98. The third kappa shape index (κ3) is 4.22. The van der Waals surface area contributed by atoms with Gasteiger partial charge in [0.15, 0.2) is 0 Å². The molecular weight excluding hydrogens is 226 g/mol. The van der Waals surface area contributed by atoms with E-state index in [4.69, 9.17) is 5.11 Å². The molecule has 1 amide bonds. The number of amides is 1. The topological polar surface area (TPSA) is 66.4 Å². The molecule has 0 aromatic carbocycles. The molecule has 1 rings (SSSR count). The van der Waals surface area contributed by atoms with Gasteiger partial charge in [-0.15, -0.1) is 0 Å². The van der Waals surface area contributed by atoms with Crippen molar-refractivity contribution in [1.29, 1.82) is 0 Å². The van der Waals surface area contributed by atoms with E-state index in [2.05, 4.69) is 5.32 Å². The zero-order valence-electron chi connectivity index (χ0n) is 9.78. The molecule has 0 aromatic rings. The van der Waals surface area contributed by atoms with Crippen molar-refractivity contribution in [2.45, 2.75) is 50.3 Å². The molecule has 0 saturated heterocycles. The van der Waals surface area contributed by atoms with Gasteiger partial charge in [-0.2, -0.15) is 0 Å². The molecule has 1 aliphatic rings. The van der Waals surface area contributed by atoms with Gasteiger partial charge in [-0.1, -0.05) is 19.3 Å². The maximum Gasteiger partial charge on any atom is 0.235 e. The van der Waals surface area contributed by atoms with Gasteiger partial charge in [-0.3, -0.25) is 9.00 Å². The van der Waals surface area contributed by atoms with Crippen LogP contribution in [0.4, 0.5) is 0 Å². The van der Waals surface area contributed by atoms with Crippen LogP contribution in [-0.2, 0) is 15.6 Å². The summed E-state index contributed by atoms with van der Waals surface area (Å²) in [6, 6.07) is 0.259. The average molecular weight is 247 g/mol. The molecule has 0 radical (unpaired) electrons. The lowest BCUT2D eigenvalue weighted by atomic mass is 9.95. The van der Waals surface area contributed by atoms with Crippen molar-refractivity contribution >= 4 is 16.7 Å². The Morgan fingerprint density at radius 3 is 2.62 bits per heavy atom. The lowest BCUT2D eigenvalue weighted by molar-refractivity contribution is -0.121. The summed E-state index contributed by atoms with van der Waals surface area (Å²) < 4.78 is 11.5. The molecule has 2 N–H and O–H groups in total. The number of nitrogens with one attached hydrogen (secondary N) is 1. The van der Waals surface area contributed by atoms with Crippen LogP contribution in [0.25, 0.3) is 0 Å². The fourth-order valence-electron chi connectivity index (χ4n) is 1.95. The number of carbonyl (C=O) groups is 1. The lowest BCUT2D eigenvalue weighted by Crippen LogP contribution is -2.43. The van der Waals surface area contributed by atoms with Crippen LogP contribution in [0.5, 0.6) is 0 Å². The Morgan fingerprint density at radius 1 is 1.44 bits per heavy atom. The Hall–Kier alpha value is -0.420. The van der Waals surface area contributed by atoms with E-state index in [1.54, 1.807) is 6.92 Å². The van der Waals surface area contributed by atoms with E-state index in [9.17, 15) is 9.00 Å². The predicted octanol–water partition coefficient (Wildman–Crippen LogP) is 0.565. The van der Waals surface area contributed by atoms with Gasteiger partial charge in [0.25, 0.3) is 0 Å². The van der Waals surface area contributed by atoms with E-state index < -0.39 is 16.0 Å². The van der Waals surface area contributed by atoms with E-state index >= 15 is 0 Å². The molecular formula is C11H21NO3S. The average Bonchev–Trinajstić information content (AvgIpc) is 2.29. The fraction of sp³-hybridized carbons (Fsp3) is 0.909. The second-order valence-electron chi connectivity index (χ2n) is 4.29. The molecule has 0 unspecified atom stereocenters. The van der Waals surface area contributed by atoms with Crippen LogP contribution in [0.3, 0.4) is 0 Å². The van der Waals surface area contributed by atoms with Crippen molar-refractivity contribution < 1.29 is 14.1 Å². The maximum absolute atomic E-state index is 11.7. The molecule has 4 nitrogen and oxygen atoms in total. The summed E-state index contributed by atoms with van der Waals surface area (Å²) in [5.41, 5.74) is 0. The molecule has 2 atom stereocenters. The second kappa shape index (κ2) is 7.01. The Labute approximate surface area is 99.3 Å². The van der Waals surface area contributed by atoms with E-state index in [0.29, 0.717) is 0 Å². The number of aliphatic hydroxyl groups excluding tert-OH is 1. The predicted molar refractivity (Wildman–Crippen MR) is 64.6 cm³/mol. The summed E-state index contributed by atoms with van der Waals surface area (Å²) in [4.78, 5) is 11.7. The van der Waals surface area contributed by atoms with Gasteiger partial charge < -0.3 is 10.4 Å². The SMILES string of the molecule is C[C@@H](C(=O)NC1CCCCC1)[S@@](=O)CCO. The molecule has 0 bridgehead atoms. The zero-order valence-corrected chi connectivity index (χ0v) is 10.6. The number of hydrogen-bond acceptors (Lipinski definition) is 3. The van der Waals surface area contributed by atoms with Crippen LogP contribution in [0.2, 0.25) is 0 Å². The standard InChI is InChI=1S/C11H21NO3S/c1-9(16(15)8-7-13)11(14)12-10-5-3-2-4-6-10/h9-10,13H,2-8H2,1H3,(H,12,14)/t9-,16-/m0/s1. The number of aliphatic hydroxyl groups is 1. The quantitative estimate of drug-likeness (QED) is 0.746. The third-order valence-corrected chi connectivity index (χ3v) is 4.60. The third-order valence-electron chi connectivity index (χ3n) is 3.01. The summed E-state index contributed by atoms with van der Waals surface area (Å²) in [5.74, 6) is 0.0397. The minimum absolute atomic E-state index is 0.131. The Balaban J connectivity index is 2.35. The molecule has 0 spiro atoms. The normalized spacial score (nSPS) is 21.4. The molecule has 0 aliphatic heterocycles. The van der Waals surface area contributed by atoms with E-state index in [1.165, 1.54) is 19.3 Å². The van der Waals surface area contributed by atoms with Crippen molar-refractivity contribution in [3.63, 3.8) is 0 Å². The number of hydrogen-bond donors (Lipinski definition) is 2. The van der Waals surface area contributed by atoms with Crippen molar-refractivity contribution in [3.05, 3.63) is 0 Å². The molecule has 0 heterocycles. The van der Waals surface area contributed by atoms with Crippen LogP contribution in [0.15, 0.2) is 0 Å². The molecule has 94 valence electrons. The van der Waals surface area contributed by atoms with Gasteiger partial charge >= 0.3 is 0 Å². The summed E-state index contributed by atoms with van der Waals surface area (Å²) in [7, 11) is -1.26. The largest absolute Gasteiger partial charge is 0.395 e. The Bertz CT molecular complexity index is 252. The highest BCUT2D eigenvalue weighted by atomic mass is 32.2. The van der Waals surface area contributed by atoms with Crippen molar-refractivity contribution in [3.8, 4) is 0 Å². The van der Waals surface area contributed by atoms with Crippen molar-refractivity contribution in [2.24, 2.45) is 0 Å². The Morgan fingerprint density at radius 2 is 2.06 bits per heavy atom. The van der Waals surface area contributed by atoms with E-state index in [1.807, 2.05) is 0 Å². The first-order chi connectivity index (χ1) is 7.65. The minimum atomic E-state index is -1.26. The first kappa shape index (κ1) is 13.6. The van der Waals surface area contributed by atoms with Crippen molar-refractivity contribution in [1.82, 2.24) is 5.32 Å². The zero-order chi connectivity index (χ0) is 12.0. The van der Waals surface area contributed by atoms with E-state index in [0.717, 1.165) is 12.8 Å². The number of carbonyl (C=O) groups excluding carboxylic acids is 1. The highest BCUT2D eigenvalue weighted by Crippen LogP contribution is 2.17. The second-order valence-corrected chi connectivity index (χ2v) is 6.17. The first-order valence-corrected chi connectivity index (χ1v) is 7.31. The summed E-state index contributed by atoms with van der Waals surface area (Å²) in [6.07, 6.45) is 5.65. The van der Waals surface area contributed by atoms with Crippen LogP contribution in [-0.4, -0.2) is 38.9 Å². The summed E-state index contributed by atoms with van der Waals surface area (Å²) in [5, 5.41) is 11.1. The first-order valence-electron chi connectivity index (χ1n) is 5.93. The highest BCUT2D eigenvalue weighted by Gasteiger charge is 2.23. The molecule has 1 saturated carbocycles. The molecule has 1 aliphatic carbocycles. The fourth-order valence-corrected chi connectivity index (χ4v) is 2.79. The van der Waals surface area contributed by atoms with Gasteiger partial charge in [0.1, 0.15) is 5.25 Å². The lowest BCUT2D eigenvalue weighted by Gasteiger charge is -2.24. The van der Waals surface area contributed by atoms with Crippen LogP contribution >= 0.6 is 0 Å². The summed E-state index contributed by atoms with van der Waals surface area (Å²) in [6.45, 7) is 1.53. The van der Waals surface area contributed by atoms with Crippen LogP contribution in [0.1, 0.15) is 39.0 Å². The molecule has 1 fully saturated rings. The van der Waals surface area contributed by atoms with Gasteiger partial charge in [0, 0.05) is 22.6 Å². The highest BCUT2D eigenvalue weighted by molar-refractivity contribution is 7.86. The van der Waals surface area contributed by atoms with Crippen molar-refractivity contribution in [2.75, 3.05) is 12.4 Å². The number of rotatable bonds is 5. The van der Waals surface area contributed by atoms with Gasteiger partial charge in [-0.25, -0.2) is 0 Å². The van der Waals surface area contributed by atoms with Gasteiger partial charge in [0.05, 0.1) is 6.61 Å². The monoisotopic (exact) mass is 247 g/mol. The van der Waals surface area contributed by atoms with E-state index in [-0.39, 0.29) is 24.3 Å². The van der Waals surface area contributed by atoms with Crippen LogP contribution < -0.4 is 5.32 Å². The minimum Gasteiger partial charge on any atom is -0.395 e. The van der Waals surface area contributed by atoms with Gasteiger partial charge in [-0.05, 0) is 19.8 Å². The summed E-state index contributed by atoms with van der Waals surface area (Å²) >= 11 is 0. The maximum atomic E-state index is 11.7. The molecule has 16 heavy (non-hydrogen) atoms.